The quantitative estimate of drug-likeness (QED) is 0.468. The van der Waals surface area contributed by atoms with Crippen LogP contribution in [0, 0.1) is 5.92 Å². The predicted molar refractivity (Wildman–Crippen MR) is 136 cm³/mol. The van der Waals surface area contributed by atoms with Crippen LogP contribution in [0.4, 0.5) is 0 Å². The monoisotopic (exact) mass is 464 g/mol. The summed E-state index contributed by atoms with van der Waals surface area (Å²) in [4.78, 5) is 13.7. The van der Waals surface area contributed by atoms with Crippen molar-refractivity contribution in [1.29, 1.82) is 0 Å². The fourth-order valence-corrected chi connectivity index (χ4v) is 5.65. The number of hydrogen-bond donors (Lipinski definition) is 2. The first-order valence-electron chi connectivity index (χ1n) is 11.7. The average molecular weight is 465 g/mol. The van der Waals surface area contributed by atoms with Gasteiger partial charge in [0.1, 0.15) is 5.75 Å². The summed E-state index contributed by atoms with van der Waals surface area (Å²) in [6, 6.07) is 20.5. The van der Waals surface area contributed by atoms with Crippen LogP contribution < -0.4 is 15.4 Å². The van der Waals surface area contributed by atoms with E-state index in [1.54, 1.807) is 7.11 Å². The molecule has 0 saturated carbocycles. The Kier molecular flexibility index (Phi) is 6.96. The lowest BCUT2D eigenvalue weighted by Crippen LogP contribution is -2.52. The number of piperidine rings is 1. The third kappa shape index (κ3) is 4.73. The van der Waals surface area contributed by atoms with Gasteiger partial charge < -0.3 is 15.4 Å². The first-order chi connectivity index (χ1) is 15.8. The van der Waals surface area contributed by atoms with E-state index >= 15 is 0 Å². The third-order valence-electron chi connectivity index (χ3n) is 7.31. The Labute approximate surface area is 201 Å². The van der Waals surface area contributed by atoms with Gasteiger partial charge in [-0.1, -0.05) is 54.9 Å². The van der Waals surface area contributed by atoms with E-state index in [0.717, 1.165) is 41.5 Å². The van der Waals surface area contributed by atoms with Crippen molar-refractivity contribution >= 4 is 28.3 Å². The average Bonchev–Trinajstić information content (AvgIpc) is 2.82. The van der Waals surface area contributed by atoms with Crippen LogP contribution in [0.3, 0.4) is 0 Å². The molecule has 33 heavy (non-hydrogen) atoms. The van der Waals surface area contributed by atoms with Crippen molar-refractivity contribution in [3.63, 3.8) is 0 Å². The van der Waals surface area contributed by atoms with Crippen molar-refractivity contribution in [2.45, 2.75) is 51.1 Å². The molecule has 1 aliphatic rings. The minimum absolute atomic E-state index is 0.0662. The summed E-state index contributed by atoms with van der Waals surface area (Å²) in [7, 11) is 1.67. The fraction of sp³-hybridized carbons (Fsp3) is 0.393. The Morgan fingerprint density at radius 1 is 1.15 bits per heavy atom. The Hall–Kier alpha value is -2.56. The highest BCUT2D eigenvalue weighted by Gasteiger charge is 2.44. The van der Waals surface area contributed by atoms with Crippen molar-refractivity contribution in [2.24, 2.45) is 5.92 Å². The Morgan fingerprint density at radius 2 is 1.88 bits per heavy atom. The smallest absolute Gasteiger partial charge is 0.224 e. The van der Waals surface area contributed by atoms with Crippen LogP contribution in [-0.4, -0.2) is 25.6 Å². The molecule has 4 unspecified atom stereocenters. The number of amides is 1. The molecule has 1 heterocycles. The summed E-state index contributed by atoms with van der Waals surface area (Å²) in [5.74, 6) is 0.703. The Bertz CT molecular complexity index is 1130. The Balaban J connectivity index is 1.63. The largest absolute Gasteiger partial charge is 0.497 e. The molecule has 4 atom stereocenters. The van der Waals surface area contributed by atoms with Crippen LogP contribution in [0.5, 0.6) is 5.75 Å². The standard InChI is InChI=1S/C28H33ClN2O2/c1-18-17-28(13-14-30-18,22-9-11-24(33-4)12-10-22)19(2)27(32)31-20(3)26-16-23(29)15-21-7-5-6-8-25(21)26/h5-12,15-16,18-20,30H,13-14,17H2,1-4H3,(H,31,32). The second kappa shape index (κ2) is 9.74. The molecule has 0 aromatic heterocycles. The lowest BCUT2D eigenvalue weighted by Gasteiger charge is -2.45. The summed E-state index contributed by atoms with van der Waals surface area (Å²) >= 11 is 6.40. The molecule has 0 spiro atoms. The van der Waals surface area contributed by atoms with E-state index in [1.807, 2.05) is 43.3 Å². The minimum Gasteiger partial charge on any atom is -0.497 e. The number of ether oxygens (including phenoxy) is 1. The van der Waals surface area contributed by atoms with Gasteiger partial charge in [-0.3, -0.25) is 4.79 Å². The van der Waals surface area contributed by atoms with Gasteiger partial charge in [-0.05, 0) is 79.4 Å². The van der Waals surface area contributed by atoms with E-state index in [-0.39, 0.29) is 23.3 Å². The van der Waals surface area contributed by atoms with Crippen LogP contribution in [0.15, 0.2) is 60.7 Å². The van der Waals surface area contributed by atoms with Gasteiger partial charge in [-0.15, -0.1) is 0 Å². The number of nitrogens with one attached hydrogen (secondary N) is 2. The first-order valence-corrected chi connectivity index (χ1v) is 12.1. The highest BCUT2D eigenvalue weighted by molar-refractivity contribution is 6.31. The molecule has 5 heteroatoms. The van der Waals surface area contributed by atoms with E-state index in [2.05, 4.69) is 48.7 Å². The summed E-state index contributed by atoms with van der Waals surface area (Å²) in [5, 5.41) is 9.72. The number of methoxy groups -OCH3 is 1. The molecule has 0 radical (unpaired) electrons. The number of fused-ring (bicyclic) bond motifs is 1. The van der Waals surface area contributed by atoms with Gasteiger partial charge >= 0.3 is 0 Å². The van der Waals surface area contributed by atoms with Gasteiger partial charge in [-0.25, -0.2) is 0 Å². The zero-order valence-corrected chi connectivity index (χ0v) is 20.6. The molecular weight excluding hydrogens is 432 g/mol. The van der Waals surface area contributed by atoms with E-state index in [4.69, 9.17) is 16.3 Å². The highest BCUT2D eigenvalue weighted by Crippen LogP contribution is 2.43. The molecule has 1 saturated heterocycles. The third-order valence-corrected chi connectivity index (χ3v) is 7.52. The number of hydrogen-bond acceptors (Lipinski definition) is 3. The SMILES string of the molecule is COc1ccc(C2(C(C)C(=O)NC(C)c3cc(Cl)cc4ccccc34)CCNC(C)C2)cc1. The van der Waals surface area contributed by atoms with Crippen LogP contribution in [0.1, 0.15) is 50.8 Å². The molecule has 0 aliphatic carbocycles. The molecule has 0 bridgehead atoms. The molecule has 3 aromatic carbocycles. The number of halogens is 1. The molecule has 4 rings (SSSR count). The van der Waals surface area contributed by atoms with Crippen molar-refractivity contribution in [2.75, 3.05) is 13.7 Å². The zero-order chi connectivity index (χ0) is 23.6. The maximum absolute atomic E-state index is 13.7. The minimum atomic E-state index is -0.239. The topological polar surface area (TPSA) is 50.4 Å². The lowest BCUT2D eigenvalue weighted by atomic mass is 9.63. The Morgan fingerprint density at radius 3 is 2.58 bits per heavy atom. The van der Waals surface area contributed by atoms with Crippen LogP contribution in [0.25, 0.3) is 10.8 Å². The molecule has 4 nitrogen and oxygen atoms in total. The predicted octanol–water partition coefficient (Wildman–Crippen LogP) is 6.03. The molecule has 174 valence electrons. The lowest BCUT2D eigenvalue weighted by molar-refractivity contribution is -0.128. The van der Waals surface area contributed by atoms with Gasteiger partial charge in [-0.2, -0.15) is 0 Å². The molecule has 1 aliphatic heterocycles. The molecular formula is C28H33ClN2O2. The fourth-order valence-electron chi connectivity index (χ4n) is 5.42. The van der Waals surface area contributed by atoms with Crippen LogP contribution in [0.2, 0.25) is 5.02 Å². The van der Waals surface area contributed by atoms with Gasteiger partial charge in [0.25, 0.3) is 0 Å². The summed E-state index contributed by atoms with van der Waals surface area (Å²) < 4.78 is 5.36. The van der Waals surface area contributed by atoms with Gasteiger partial charge in [0.2, 0.25) is 5.91 Å². The number of carbonyl (C=O) groups excluding carboxylic acids is 1. The van der Waals surface area contributed by atoms with Gasteiger partial charge in [0.15, 0.2) is 0 Å². The number of carbonyl (C=O) groups is 1. The second-order valence-corrected chi connectivity index (χ2v) is 9.80. The van der Waals surface area contributed by atoms with Crippen LogP contribution in [-0.2, 0) is 10.2 Å². The molecule has 3 aromatic rings. The summed E-state index contributed by atoms with van der Waals surface area (Å²) in [5.41, 5.74) is 1.99. The van der Waals surface area contributed by atoms with Crippen molar-refractivity contribution < 1.29 is 9.53 Å². The highest BCUT2D eigenvalue weighted by atomic mass is 35.5. The van der Waals surface area contributed by atoms with E-state index < -0.39 is 0 Å². The van der Waals surface area contributed by atoms with Gasteiger partial charge in [0.05, 0.1) is 13.2 Å². The second-order valence-electron chi connectivity index (χ2n) is 9.36. The maximum Gasteiger partial charge on any atom is 0.224 e. The van der Waals surface area contributed by atoms with Gasteiger partial charge in [0, 0.05) is 22.4 Å². The summed E-state index contributed by atoms with van der Waals surface area (Å²) in [6.07, 6.45) is 1.81. The first kappa shape index (κ1) is 23.6. The normalized spacial score (nSPS) is 22.5. The number of rotatable bonds is 6. The molecule has 1 fully saturated rings. The maximum atomic E-state index is 13.7. The van der Waals surface area contributed by atoms with E-state index in [9.17, 15) is 4.79 Å². The molecule has 1 amide bonds. The van der Waals surface area contributed by atoms with Crippen molar-refractivity contribution in [3.05, 3.63) is 76.8 Å². The van der Waals surface area contributed by atoms with Crippen molar-refractivity contribution in [1.82, 2.24) is 10.6 Å². The van der Waals surface area contributed by atoms with Crippen molar-refractivity contribution in [3.8, 4) is 5.75 Å². The summed E-state index contributed by atoms with van der Waals surface area (Å²) in [6.45, 7) is 7.19. The van der Waals surface area contributed by atoms with E-state index in [0.29, 0.717) is 11.1 Å². The van der Waals surface area contributed by atoms with Crippen LogP contribution >= 0.6 is 11.6 Å². The van der Waals surface area contributed by atoms with E-state index in [1.165, 1.54) is 5.56 Å². The zero-order valence-electron chi connectivity index (χ0n) is 19.8. The number of benzene rings is 3. The molecule has 2 N–H and O–H groups in total.